The predicted octanol–water partition coefficient (Wildman–Crippen LogP) is 8.87. The van der Waals surface area contributed by atoms with E-state index >= 15 is 0 Å². The Labute approximate surface area is 214 Å². The molecule has 0 fully saturated rings. The van der Waals surface area contributed by atoms with Crippen LogP contribution in [0.15, 0.2) is 0 Å². The highest BCUT2D eigenvalue weighted by Gasteiger charge is 2.14. The Balaban J connectivity index is 0. The van der Waals surface area contributed by atoms with Crippen molar-refractivity contribution in [3.63, 3.8) is 0 Å². The topological polar surface area (TPSA) is 72.5 Å². The summed E-state index contributed by atoms with van der Waals surface area (Å²) in [5.41, 5.74) is 5.39. The number of carbonyl (C=O) groups is 1. The van der Waals surface area contributed by atoms with Crippen molar-refractivity contribution in [3.8, 4) is 0 Å². The molecule has 0 saturated heterocycles. The van der Waals surface area contributed by atoms with E-state index in [2.05, 4.69) is 13.8 Å². The molecule has 0 amide bonds. The van der Waals surface area contributed by atoms with Crippen LogP contribution in [0.4, 0.5) is 0 Å². The van der Waals surface area contributed by atoms with Crippen molar-refractivity contribution in [1.29, 1.82) is 0 Å². The molecule has 0 aliphatic heterocycles. The van der Waals surface area contributed by atoms with Gasteiger partial charge in [0.2, 0.25) is 0 Å². The van der Waals surface area contributed by atoms with Gasteiger partial charge in [-0.1, -0.05) is 149 Å². The average Bonchev–Trinajstić information content (AvgIpc) is 2.84. The second-order valence-corrected chi connectivity index (χ2v) is 9.92. The average molecular weight is 486 g/mol. The molecule has 0 rings (SSSR count). The molecule has 0 saturated carbocycles. The van der Waals surface area contributed by atoms with Crippen LogP contribution in [0.2, 0.25) is 0 Å². The number of ether oxygens (including phenoxy) is 1. The summed E-state index contributed by atoms with van der Waals surface area (Å²) in [6.07, 6.45) is 29.0. The number of hydrogen-bond acceptors (Lipinski definition) is 4. The first kappa shape index (κ1) is 35.6. The third kappa shape index (κ3) is 31.4. The van der Waals surface area contributed by atoms with E-state index in [1.807, 2.05) is 0 Å². The van der Waals surface area contributed by atoms with Crippen LogP contribution in [0, 0.1) is 0 Å². The largest absolute Gasteiger partial charge is 0.464 e. The van der Waals surface area contributed by atoms with E-state index in [4.69, 9.17) is 10.5 Å². The minimum Gasteiger partial charge on any atom is -0.464 e. The summed E-state index contributed by atoms with van der Waals surface area (Å²) in [6, 6.07) is 0. The fourth-order valence-corrected chi connectivity index (χ4v) is 4.17. The molecule has 1 unspecified atom stereocenters. The lowest BCUT2D eigenvalue weighted by Crippen LogP contribution is -2.22. The van der Waals surface area contributed by atoms with Gasteiger partial charge in [-0.15, -0.1) is 0 Å². The summed E-state index contributed by atoms with van der Waals surface area (Å²) in [4.78, 5) is 11.2. The van der Waals surface area contributed by atoms with Gasteiger partial charge in [-0.05, 0) is 26.3 Å². The first-order chi connectivity index (χ1) is 16.6. The molecule has 0 aromatic rings. The van der Waals surface area contributed by atoms with Crippen molar-refractivity contribution in [2.24, 2.45) is 5.73 Å². The lowest BCUT2D eigenvalue weighted by Gasteiger charge is -2.09. The van der Waals surface area contributed by atoms with E-state index in [0.29, 0.717) is 13.0 Å². The maximum atomic E-state index is 11.2. The van der Waals surface area contributed by atoms with Crippen molar-refractivity contribution < 1.29 is 14.6 Å². The maximum absolute atomic E-state index is 11.2. The lowest BCUT2D eigenvalue weighted by molar-refractivity contribution is -0.153. The van der Waals surface area contributed by atoms with Crippen molar-refractivity contribution in [3.05, 3.63) is 0 Å². The summed E-state index contributed by atoms with van der Waals surface area (Å²) < 4.78 is 4.78. The van der Waals surface area contributed by atoms with E-state index in [0.717, 1.165) is 19.4 Å². The van der Waals surface area contributed by atoms with Crippen LogP contribution in [0.5, 0.6) is 0 Å². The monoisotopic (exact) mass is 485 g/mol. The van der Waals surface area contributed by atoms with Gasteiger partial charge in [-0.25, -0.2) is 4.79 Å². The molecule has 0 aliphatic carbocycles. The zero-order valence-electron chi connectivity index (χ0n) is 23.6. The van der Waals surface area contributed by atoms with Crippen LogP contribution in [0.1, 0.15) is 168 Å². The van der Waals surface area contributed by atoms with E-state index in [1.165, 1.54) is 128 Å². The molecule has 4 nitrogen and oxygen atoms in total. The van der Waals surface area contributed by atoms with Crippen LogP contribution in [0.25, 0.3) is 0 Å². The molecule has 34 heavy (non-hydrogen) atoms. The Kier molecular flexibility index (Phi) is 33.9. The van der Waals surface area contributed by atoms with E-state index < -0.39 is 12.1 Å². The smallest absolute Gasteiger partial charge is 0.334 e. The minimum atomic E-state index is -0.924. The van der Waals surface area contributed by atoms with Gasteiger partial charge in [0.1, 0.15) is 0 Å². The number of rotatable bonds is 25. The molecule has 0 aromatic carbocycles. The highest BCUT2D eigenvalue weighted by molar-refractivity contribution is 5.74. The molecule has 0 aromatic heterocycles. The highest BCUT2D eigenvalue weighted by Crippen LogP contribution is 2.14. The third-order valence-electron chi connectivity index (χ3n) is 6.45. The van der Waals surface area contributed by atoms with Crippen molar-refractivity contribution in [2.75, 3.05) is 13.2 Å². The van der Waals surface area contributed by atoms with Gasteiger partial charge in [-0.3, -0.25) is 0 Å². The number of aliphatic hydroxyl groups excluding tert-OH is 1. The molecule has 0 aliphatic rings. The summed E-state index contributed by atoms with van der Waals surface area (Å²) >= 11 is 0. The van der Waals surface area contributed by atoms with Gasteiger partial charge in [0.15, 0.2) is 6.10 Å². The number of nitrogens with two attached hydrogens (primary N) is 1. The fourth-order valence-electron chi connectivity index (χ4n) is 4.17. The summed E-state index contributed by atoms with van der Waals surface area (Å²) in [5.74, 6) is -0.470. The molecule has 4 heteroatoms. The highest BCUT2D eigenvalue weighted by atomic mass is 16.5. The third-order valence-corrected chi connectivity index (χ3v) is 6.45. The van der Waals surface area contributed by atoms with Gasteiger partial charge >= 0.3 is 5.97 Å². The van der Waals surface area contributed by atoms with Crippen LogP contribution in [-0.4, -0.2) is 30.3 Å². The quantitative estimate of drug-likeness (QED) is 0.1000. The van der Waals surface area contributed by atoms with Crippen LogP contribution >= 0.6 is 0 Å². The standard InChI is InChI=1S/C20H40O3.C10H23N/c1-3-5-6-7-8-9-10-11-12-13-14-15-16-17-18-19(21)20(22)23-4-2;1-2-3-4-5-6-7-8-9-10-11/h19,21H,3-18H2,1-2H3;2-11H2,1H3. The molecule has 0 spiro atoms. The second-order valence-electron chi connectivity index (χ2n) is 9.92. The molecular formula is C30H63NO3. The fraction of sp³-hybridized carbons (Fsp3) is 0.967. The Hall–Kier alpha value is -0.610. The number of aliphatic hydroxyl groups is 1. The van der Waals surface area contributed by atoms with Crippen molar-refractivity contribution in [2.45, 2.75) is 175 Å². The number of esters is 1. The van der Waals surface area contributed by atoms with Crippen LogP contribution in [0.3, 0.4) is 0 Å². The Morgan fingerprint density at radius 2 is 0.912 bits per heavy atom. The number of unbranched alkanes of at least 4 members (excludes halogenated alkanes) is 20. The SMILES string of the molecule is CCCCCCCCCCCCCCCCC(O)C(=O)OCC.CCCCCCCCCCN. The molecule has 0 heterocycles. The van der Waals surface area contributed by atoms with Crippen molar-refractivity contribution >= 4 is 5.97 Å². The van der Waals surface area contributed by atoms with Crippen LogP contribution < -0.4 is 5.73 Å². The minimum absolute atomic E-state index is 0.342. The Bertz CT molecular complexity index is 368. The van der Waals surface area contributed by atoms with Gasteiger partial charge in [0.25, 0.3) is 0 Å². The normalized spacial score (nSPS) is 11.7. The van der Waals surface area contributed by atoms with E-state index in [9.17, 15) is 9.90 Å². The van der Waals surface area contributed by atoms with Gasteiger partial charge in [-0.2, -0.15) is 0 Å². The number of hydrogen-bond donors (Lipinski definition) is 2. The molecule has 206 valence electrons. The molecular weight excluding hydrogens is 422 g/mol. The van der Waals surface area contributed by atoms with Gasteiger partial charge in [0.05, 0.1) is 6.61 Å². The number of carbonyl (C=O) groups excluding carboxylic acids is 1. The van der Waals surface area contributed by atoms with Gasteiger partial charge in [0, 0.05) is 0 Å². The molecule has 1 atom stereocenters. The first-order valence-corrected chi connectivity index (χ1v) is 15.2. The summed E-state index contributed by atoms with van der Waals surface area (Å²) in [7, 11) is 0. The Morgan fingerprint density at radius 3 is 1.24 bits per heavy atom. The maximum Gasteiger partial charge on any atom is 0.334 e. The lowest BCUT2D eigenvalue weighted by atomic mass is 10.0. The first-order valence-electron chi connectivity index (χ1n) is 15.2. The zero-order chi connectivity index (χ0) is 25.5. The van der Waals surface area contributed by atoms with E-state index in [-0.39, 0.29) is 0 Å². The molecule has 0 radical (unpaired) electrons. The van der Waals surface area contributed by atoms with Crippen LogP contribution in [-0.2, 0) is 9.53 Å². The van der Waals surface area contributed by atoms with Crippen molar-refractivity contribution in [1.82, 2.24) is 0 Å². The zero-order valence-corrected chi connectivity index (χ0v) is 23.6. The molecule has 3 N–H and O–H groups in total. The van der Waals surface area contributed by atoms with Gasteiger partial charge < -0.3 is 15.6 Å². The Morgan fingerprint density at radius 1 is 0.588 bits per heavy atom. The van der Waals surface area contributed by atoms with E-state index in [1.54, 1.807) is 6.92 Å². The second kappa shape index (κ2) is 32.4. The predicted molar refractivity (Wildman–Crippen MR) is 149 cm³/mol. The molecule has 0 bridgehead atoms. The summed E-state index contributed by atoms with van der Waals surface area (Å²) in [6.45, 7) is 7.50. The summed E-state index contributed by atoms with van der Waals surface area (Å²) in [5, 5.41) is 9.57.